The van der Waals surface area contributed by atoms with Gasteiger partial charge in [0.25, 0.3) is 10.0 Å². The Labute approximate surface area is 195 Å². The Morgan fingerprint density at radius 1 is 0.879 bits per heavy atom. The normalized spacial score (nSPS) is 12.0. The molecule has 0 aromatic heterocycles. The summed E-state index contributed by atoms with van der Waals surface area (Å²) in [5, 5.41) is 2.88. The summed E-state index contributed by atoms with van der Waals surface area (Å²) >= 11 is 0. The van der Waals surface area contributed by atoms with Gasteiger partial charge < -0.3 is 14.8 Å². The predicted molar refractivity (Wildman–Crippen MR) is 128 cm³/mol. The fraction of sp³-hybridized carbons (Fsp3) is 0.240. The first-order chi connectivity index (χ1) is 15.7. The van der Waals surface area contributed by atoms with Crippen molar-refractivity contribution in [3.63, 3.8) is 0 Å². The quantitative estimate of drug-likeness (QED) is 0.511. The summed E-state index contributed by atoms with van der Waals surface area (Å²) in [5.74, 6) is 0.839. The van der Waals surface area contributed by atoms with Crippen molar-refractivity contribution < 1.29 is 22.7 Å². The highest BCUT2D eigenvalue weighted by Crippen LogP contribution is 2.26. The van der Waals surface area contributed by atoms with E-state index in [0.29, 0.717) is 17.2 Å². The molecule has 174 valence electrons. The summed E-state index contributed by atoms with van der Waals surface area (Å²) in [6, 6.07) is 20.1. The van der Waals surface area contributed by atoms with Crippen molar-refractivity contribution in [1.29, 1.82) is 0 Å². The Balaban J connectivity index is 1.86. The van der Waals surface area contributed by atoms with Crippen molar-refractivity contribution in [3.05, 3.63) is 83.9 Å². The molecule has 0 heterocycles. The highest BCUT2D eigenvalue weighted by Gasteiger charge is 2.27. The van der Waals surface area contributed by atoms with Crippen molar-refractivity contribution in [2.24, 2.45) is 0 Å². The standard InChI is InChI=1S/C25H28N2O5S/c1-18-5-9-21(10-6-18)27(33(29,30)24-15-13-23(32-4)14-16-24)17-25(28)26-19(2)20-7-11-22(31-3)12-8-20/h5-16,19H,17H2,1-4H3,(H,26,28)/t19-/m0/s1. The van der Waals surface area contributed by atoms with E-state index in [1.165, 1.54) is 19.2 Å². The third kappa shape index (κ3) is 5.84. The number of hydrogen-bond donors (Lipinski definition) is 1. The Morgan fingerprint density at radius 2 is 1.39 bits per heavy atom. The van der Waals surface area contributed by atoms with Crippen LogP contribution in [-0.4, -0.2) is 35.1 Å². The van der Waals surface area contributed by atoms with Gasteiger partial charge >= 0.3 is 0 Å². The maximum atomic E-state index is 13.5. The van der Waals surface area contributed by atoms with Crippen LogP contribution in [0.15, 0.2) is 77.7 Å². The molecule has 3 aromatic carbocycles. The van der Waals surface area contributed by atoms with E-state index in [1.54, 1.807) is 31.4 Å². The molecule has 0 unspecified atom stereocenters. The minimum Gasteiger partial charge on any atom is -0.497 e. The fourth-order valence-electron chi connectivity index (χ4n) is 3.29. The van der Waals surface area contributed by atoms with Gasteiger partial charge in [-0.1, -0.05) is 29.8 Å². The van der Waals surface area contributed by atoms with E-state index in [-0.39, 0.29) is 17.5 Å². The molecule has 8 heteroatoms. The first kappa shape index (κ1) is 24.1. The van der Waals surface area contributed by atoms with E-state index in [0.717, 1.165) is 15.4 Å². The molecule has 0 bridgehead atoms. The SMILES string of the molecule is COc1ccc([C@H](C)NC(=O)CN(c2ccc(C)cc2)S(=O)(=O)c2ccc(OC)cc2)cc1. The molecule has 0 spiro atoms. The van der Waals surface area contributed by atoms with E-state index < -0.39 is 15.9 Å². The Morgan fingerprint density at radius 3 is 1.91 bits per heavy atom. The van der Waals surface area contributed by atoms with Gasteiger partial charge in [0.1, 0.15) is 18.0 Å². The number of anilines is 1. The summed E-state index contributed by atoms with van der Waals surface area (Å²) in [7, 11) is -0.899. The van der Waals surface area contributed by atoms with Gasteiger partial charge in [-0.05, 0) is 67.9 Å². The van der Waals surface area contributed by atoms with Gasteiger partial charge in [0, 0.05) is 0 Å². The smallest absolute Gasteiger partial charge is 0.264 e. The number of aryl methyl sites for hydroxylation is 1. The topological polar surface area (TPSA) is 84.9 Å². The van der Waals surface area contributed by atoms with Gasteiger partial charge in [0.2, 0.25) is 5.91 Å². The van der Waals surface area contributed by atoms with Crippen LogP contribution in [0.1, 0.15) is 24.1 Å². The van der Waals surface area contributed by atoms with E-state index >= 15 is 0 Å². The molecular weight excluding hydrogens is 440 g/mol. The number of carbonyl (C=O) groups is 1. The second-order valence-corrected chi connectivity index (χ2v) is 9.45. The van der Waals surface area contributed by atoms with Crippen LogP contribution in [0.2, 0.25) is 0 Å². The average Bonchev–Trinajstić information content (AvgIpc) is 2.83. The third-order valence-corrected chi connectivity index (χ3v) is 7.04. The molecule has 0 saturated carbocycles. The number of ether oxygens (including phenoxy) is 2. The second kappa shape index (κ2) is 10.4. The molecule has 1 N–H and O–H groups in total. The van der Waals surface area contributed by atoms with Crippen molar-refractivity contribution in [3.8, 4) is 11.5 Å². The molecule has 3 aromatic rings. The van der Waals surface area contributed by atoms with Crippen molar-refractivity contribution >= 4 is 21.6 Å². The zero-order valence-corrected chi connectivity index (χ0v) is 19.9. The minimum absolute atomic E-state index is 0.0693. The van der Waals surface area contributed by atoms with E-state index in [9.17, 15) is 13.2 Å². The number of amides is 1. The molecule has 3 rings (SSSR count). The molecule has 0 aliphatic carbocycles. The van der Waals surface area contributed by atoms with Gasteiger partial charge in [-0.25, -0.2) is 8.42 Å². The minimum atomic E-state index is -4.00. The lowest BCUT2D eigenvalue weighted by Crippen LogP contribution is -2.41. The van der Waals surface area contributed by atoms with E-state index in [2.05, 4.69) is 5.32 Å². The molecule has 1 atom stereocenters. The van der Waals surface area contributed by atoms with Crippen LogP contribution in [0.3, 0.4) is 0 Å². The molecule has 0 radical (unpaired) electrons. The fourth-order valence-corrected chi connectivity index (χ4v) is 4.72. The predicted octanol–water partition coefficient (Wildman–Crippen LogP) is 4.08. The molecule has 33 heavy (non-hydrogen) atoms. The Bertz CT molecular complexity index is 1170. The molecule has 0 aliphatic heterocycles. The van der Waals surface area contributed by atoms with Crippen molar-refractivity contribution in [2.45, 2.75) is 24.8 Å². The monoisotopic (exact) mass is 468 g/mol. The molecular formula is C25H28N2O5S. The number of hydrogen-bond acceptors (Lipinski definition) is 5. The number of sulfonamides is 1. The summed E-state index contributed by atoms with van der Waals surface area (Å²) < 4.78 is 38.3. The van der Waals surface area contributed by atoms with Crippen LogP contribution >= 0.6 is 0 Å². The number of nitrogens with zero attached hydrogens (tertiary/aromatic N) is 1. The summed E-state index contributed by atoms with van der Waals surface area (Å²) in [6.45, 7) is 3.39. The zero-order chi connectivity index (χ0) is 24.0. The second-order valence-electron chi connectivity index (χ2n) is 7.59. The number of methoxy groups -OCH3 is 2. The first-order valence-electron chi connectivity index (χ1n) is 10.4. The highest BCUT2D eigenvalue weighted by molar-refractivity contribution is 7.92. The van der Waals surface area contributed by atoms with Gasteiger partial charge in [-0.15, -0.1) is 0 Å². The first-order valence-corrected chi connectivity index (χ1v) is 11.9. The van der Waals surface area contributed by atoms with Crippen LogP contribution < -0.4 is 19.1 Å². The van der Waals surface area contributed by atoms with Gasteiger partial charge in [-0.3, -0.25) is 9.10 Å². The van der Waals surface area contributed by atoms with Crippen LogP contribution in [-0.2, 0) is 14.8 Å². The molecule has 0 aliphatic rings. The largest absolute Gasteiger partial charge is 0.497 e. The van der Waals surface area contributed by atoms with Crippen LogP contribution in [0.5, 0.6) is 11.5 Å². The maximum Gasteiger partial charge on any atom is 0.264 e. The Kier molecular flexibility index (Phi) is 7.60. The highest BCUT2D eigenvalue weighted by atomic mass is 32.2. The van der Waals surface area contributed by atoms with E-state index in [4.69, 9.17) is 9.47 Å². The summed E-state index contributed by atoms with van der Waals surface area (Å²) in [5.41, 5.74) is 2.27. The van der Waals surface area contributed by atoms with Gasteiger partial charge in [0.15, 0.2) is 0 Å². The molecule has 1 amide bonds. The Hall–Kier alpha value is -3.52. The average molecular weight is 469 g/mol. The van der Waals surface area contributed by atoms with Crippen LogP contribution in [0.25, 0.3) is 0 Å². The van der Waals surface area contributed by atoms with Gasteiger partial charge in [-0.2, -0.15) is 0 Å². The molecule has 7 nitrogen and oxygen atoms in total. The van der Waals surface area contributed by atoms with Gasteiger partial charge in [0.05, 0.1) is 30.8 Å². The lowest BCUT2D eigenvalue weighted by molar-refractivity contribution is -0.120. The lowest BCUT2D eigenvalue weighted by atomic mass is 10.1. The van der Waals surface area contributed by atoms with Crippen LogP contribution in [0.4, 0.5) is 5.69 Å². The summed E-state index contributed by atoms with van der Waals surface area (Å²) in [6.07, 6.45) is 0. The third-order valence-electron chi connectivity index (χ3n) is 5.25. The van der Waals surface area contributed by atoms with Crippen molar-refractivity contribution in [2.75, 3.05) is 25.1 Å². The number of benzene rings is 3. The van der Waals surface area contributed by atoms with E-state index in [1.807, 2.05) is 50.2 Å². The molecule has 0 saturated heterocycles. The number of rotatable bonds is 9. The number of carbonyl (C=O) groups excluding carboxylic acids is 1. The molecule has 0 fully saturated rings. The zero-order valence-electron chi connectivity index (χ0n) is 19.1. The van der Waals surface area contributed by atoms with Crippen molar-refractivity contribution in [1.82, 2.24) is 5.32 Å². The maximum absolute atomic E-state index is 13.5. The number of nitrogens with one attached hydrogen (secondary N) is 1. The summed E-state index contributed by atoms with van der Waals surface area (Å²) in [4.78, 5) is 13.0. The van der Waals surface area contributed by atoms with Crippen LogP contribution in [0, 0.1) is 6.92 Å². The lowest BCUT2D eigenvalue weighted by Gasteiger charge is -2.25.